The van der Waals surface area contributed by atoms with E-state index in [0.29, 0.717) is 6.04 Å². The first-order valence-electron chi connectivity index (χ1n) is 5.48. The van der Waals surface area contributed by atoms with Gasteiger partial charge in [0.1, 0.15) is 5.01 Å². The second-order valence-corrected chi connectivity index (χ2v) is 5.03. The fourth-order valence-corrected chi connectivity index (χ4v) is 3.12. The van der Waals surface area contributed by atoms with Crippen LogP contribution in [0.2, 0.25) is 0 Å². The van der Waals surface area contributed by atoms with E-state index >= 15 is 0 Å². The van der Waals surface area contributed by atoms with Gasteiger partial charge in [0.05, 0.1) is 5.69 Å². The van der Waals surface area contributed by atoms with Gasteiger partial charge in [-0.05, 0) is 19.1 Å². The lowest BCUT2D eigenvalue weighted by Gasteiger charge is -2.18. The van der Waals surface area contributed by atoms with E-state index in [-0.39, 0.29) is 0 Å². The van der Waals surface area contributed by atoms with E-state index in [0.717, 1.165) is 23.5 Å². The average Bonchev–Trinajstić information content (AvgIpc) is 2.76. The third kappa shape index (κ3) is 1.64. The van der Waals surface area contributed by atoms with Gasteiger partial charge in [-0.1, -0.05) is 0 Å². The zero-order valence-electron chi connectivity index (χ0n) is 9.10. The van der Waals surface area contributed by atoms with E-state index in [1.54, 1.807) is 17.5 Å². The molecule has 1 unspecified atom stereocenters. The van der Waals surface area contributed by atoms with Crippen LogP contribution in [0.5, 0.6) is 0 Å². The van der Waals surface area contributed by atoms with Crippen molar-refractivity contribution in [2.75, 3.05) is 6.54 Å². The Kier molecular flexibility index (Phi) is 2.46. The van der Waals surface area contributed by atoms with Crippen LogP contribution in [0, 0.1) is 0 Å². The quantitative estimate of drug-likeness (QED) is 0.819. The highest BCUT2D eigenvalue weighted by Gasteiger charge is 2.20. The molecule has 0 saturated heterocycles. The Morgan fingerprint density at radius 2 is 2.44 bits per heavy atom. The van der Waals surface area contributed by atoms with Gasteiger partial charge < -0.3 is 5.32 Å². The van der Waals surface area contributed by atoms with Crippen LogP contribution in [-0.4, -0.2) is 16.5 Å². The molecule has 0 amide bonds. The largest absolute Gasteiger partial charge is 0.309 e. The summed E-state index contributed by atoms with van der Waals surface area (Å²) in [4.78, 5) is 10.2. The molecule has 0 saturated carbocycles. The number of hydrogen-bond donors (Lipinski definition) is 1. The average molecular weight is 231 g/mol. The predicted molar refractivity (Wildman–Crippen MR) is 65.5 cm³/mol. The Labute approximate surface area is 98.6 Å². The summed E-state index contributed by atoms with van der Waals surface area (Å²) in [6.45, 7) is 3.23. The highest BCUT2D eigenvalue weighted by Crippen LogP contribution is 2.33. The first-order valence-corrected chi connectivity index (χ1v) is 6.29. The standard InChI is InChI=1S/C12H13N3S/c1-8-11-10(4-6-14-8)15-12(16-11)9-3-2-5-13-7-9/h2-3,5,7-8,14H,4,6H2,1H3. The minimum absolute atomic E-state index is 0.437. The molecule has 3 nitrogen and oxygen atoms in total. The molecule has 2 aromatic rings. The summed E-state index contributed by atoms with van der Waals surface area (Å²) in [7, 11) is 0. The fraction of sp³-hybridized carbons (Fsp3) is 0.333. The van der Waals surface area contributed by atoms with Gasteiger partial charge in [0.25, 0.3) is 0 Å². The van der Waals surface area contributed by atoms with Crippen LogP contribution in [0.25, 0.3) is 10.6 Å². The molecular weight excluding hydrogens is 218 g/mol. The van der Waals surface area contributed by atoms with Crippen LogP contribution in [0.4, 0.5) is 0 Å². The Morgan fingerprint density at radius 1 is 1.50 bits per heavy atom. The second kappa shape index (κ2) is 3.96. The van der Waals surface area contributed by atoms with E-state index in [4.69, 9.17) is 4.98 Å². The third-order valence-electron chi connectivity index (χ3n) is 2.84. The van der Waals surface area contributed by atoms with Gasteiger partial charge in [-0.3, -0.25) is 4.98 Å². The van der Waals surface area contributed by atoms with Crippen LogP contribution in [-0.2, 0) is 6.42 Å². The van der Waals surface area contributed by atoms with Gasteiger partial charge in [-0.15, -0.1) is 11.3 Å². The lowest BCUT2D eigenvalue weighted by Crippen LogP contribution is -2.26. The van der Waals surface area contributed by atoms with E-state index in [2.05, 4.69) is 23.3 Å². The number of fused-ring (bicyclic) bond motifs is 1. The minimum Gasteiger partial charge on any atom is -0.309 e. The first kappa shape index (κ1) is 9.93. The van der Waals surface area contributed by atoms with Crippen LogP contribution in [0.1, 0.15) is 23.5 Å². The molecule has 16 heavy (non-hydrogen) atoms. The number of nitrogens with one attached hydrogen (secondary N) is 1. The molecule has 0 spiro atoms. The maximum atomic E-state index is 4.71. The van der Waals surface area contributed by atoms with E-state index in [1.807, 2.05) is 12.3 Å². The highest BCUT2D eigenvalue weighted by molar-refractivity contribution is 7.15. The van der Waals surface area contributed by atoms with Gasteiger partial charge >= 0.3 is 0 Å². The maximum absolute atomic E-state index is 4.71. The van der Waals surface area contributed by atoms with Crippen molar-refractivity contribution in [3.8, 4) is 10.6 Å². The van der Waals surface area contributed by atoms with Gasteiger partial charge in [0, 0.05) is 41.8 Å². The second-order valence-electron chi connectivity index (χ2n) is 4.00. The summed E-state index contributed by atoms with van der Waals surface area (Å²) in [5.74, 6) is 0. The lowest BCUT2D eigenvalue weighted by atomic mass is 10.1. The first-order chi connectivity index (χ1) is 7.84. The normalized spacial score (nSPS) is 19.4. The van der Waals surface area contributed by atoms with Gasteiger partial charge in [-0.2, -0.15) is 0 Å². The van der Waals surface area contributed by atoms with Crippen molar-refractivity contribution < 1.29 is 0 Å². The Morgan fingerprint density at radius 3 is 3.19 bits per heavy atom. The molecule has 1 aliphatic heterocycles. The van der Waals surface area contributed by atoms with Crippen LogP contribution in [0.15, 0.2) is 24.5 Å². The molecule has 0 bridgehead atoms. The van der Waals surface area contributed by atoms with Crippen LogP contribution >= 0.6 is 11.3 Å². The SMILES string of the molecule is CC1NCCc2nc(-c3cccnc3)sc21. The molecule has 0 radical (unpaired) electrons. The highest BCUT2D eigenvalue weighted by atomic mass is 32.1. The number of thiazole rings is 1. The Bertz CT molecular complexity index is 492. The van der Waals surface area contributed by atoms with Crippen LogP contribution in [0.3, 0.4) is 0 Å². The number of rotatable bonds is 1. The molecule has 0 aromatic carbocycles. The summed E-state index contributed by atoms with van der Waals surface area (Å²) >= 11 is 1.78. The van der Waals surface area contributed by atoms with Gasteiger partial charge in [0.15, 0.2) is 0 Å². The summed E-state index contributed by atoms with van der Waals surface area (Å²) in [5.41, 5.74) is 2.38. The van der Waals surface area contributed by atoms with E-state index < -0.39 is 0 Å². The zero-order valence-corrected chi connectivity index (χ0v) is 9.92. The Hall–Kier alpha value is -1.26. The molecule has 2 aromatic heterocycles. The molecule has 1 N–H and O–H groups in total. The predicted octanol–water partition coefficient (Wildman–Crippen LogP) is 2.41. The molecule has 82 valence electrons. The molecular formula is C12H13N3S. The number of aromatic nitrogens is 2. The Balaban J connectivity index is 2.05. The maximum Gasteiger partial charge on any atom is 0.125 e. The number of hydrogen-bond acceptors (Lipinski definition) is 4. The zero-order chi connectivity index (χ0) is 11.0. The van der Waals surface area contributed by atoms with Crippen molar-refractivity contribution in [1.82, 2.24) is 15.3 Å². The summed E-state index contributed by atoms with van der Waals surface area (Å²) in [6, 6.07) is 4.46. The summed E-state index contributed by atoms with van der Waals surface area (Å²) in [5, 5.41) is 4.55. The van der Waals surface area contributed by atoms with Crippen molar-refractivity contribution in [1.29, 1.82) is 0 Å². The van der Waals surface area contributed by atoms with E-state index in [1.165, 1.54) is 10.6 Å². The van der Waals surface area contributed by atoms with E-state index in [9.17, 15) is 0 Å². The van der Waals surface area contributed by atoms with Crippen molar-refractivity contribution in [3.63, 3.8) is 0 Å². The van der Waals surface area contributed by atoms with Crippen molar-refractivity contribution in [2.45, 2.75) is 19.4 Å². The summed E-state index contributed by atoms with van der Waals surface area (Å²) in [6.07, 6.45) is 4.71. The molecule has 4 heteroatoms. The third-order valence-corrected chi connectivity index (χ3v) is 4.17. The number of pyridine rings is 1. The van der Waals surface area contributed by atoms with Crippen molar-refractivity contribution in [2.24, 2.45) is 0 Å². The van der Waals surface area contributed by atoms with Crippen LogP contribution < -0.4 is 5.32 Å². The molecule has 1 aliphatic rings. The fourth-order valence-electron chi connectivity index (χ4n) is 1.99. The van der Waals surface area contributed by atoms with Crippen molar-refractivity contribution in [3.05, 3.63) is 35.1 Å². The minimum atomic E-state index is 0.437. The number of nitrogens with zero attached hydrogens (tertiary/aromatic N) is 2. The molecule has 3 rings (SSSR count). The van der Waals surface area contributed by atoms with Gasteiger partial charge in [-0.25, -0.2) is 4.98 Å². The smallest absolute Gasteiger partial charge is 0.125 e. The van der Waals surface area contributed by atoms with Gasteiger partial charge in [0.2, 0.25) is 0 Å². The summed E-state index contributed by atoms with van der Waals surface area (Å²) < 4.78 is 0. The topological polar surface area (TPSA) is 37.8 Å². The van der Waals surface area contributed by atoms with Crippen molar-refractivity contribution >= 4 is 11.3 Å². The lowest BCUT2D eigenvalue weighted by molar-refractivity contribution is 0.545. The molecule has 0 fully saturated rings. The molecule has 0 aliphatic carbocycles. The molecule has 3 heterocycles. The monoisotopic (exact) mass is 231 g/mol. The molecule has 1 atom stereocenters.